The van der Waals surface area contributed by atoms with E-state index in [0.29, 0.717) is 0 Å². The quantitative estimate of drug-likeness (QED) is 0.403. The zero-order valence-corrected chi connectivity index (χ0v) is 12.3. The van der Waals surface area contributed by atoms with Crippen LogP contribution in [0.15, 0.2) is 0 Å². The van der Waals surface area contributed by atoms with E-state index in [1.807, 2.05) is 4.90 Å². The van der Waals surface area contributed by atoms with Gasteiger partial charge in [-0.3, -0.25) is 4.79 Å². The average Bonchev–Trinajstić information content (AvgIpc) is 2.36. The van der Waals surface area contributed by atoms with Crippen LogP contribution in [0.1, 0.15) is 65.2 Å². The minimum atomic E-state index is 0.0969. The Morgan fingerprint density at radius 2 is 1.35 bits per heavy atom. The smallest absolute Gasteiger partial charge is 0.237 e. The topological polar surface area (TPSA) is 20.3 Å². The molecule has 0 aliphatic rings. The van der Waals surface area contributed by atoms with Crippen LogP contribution < -0.4 is 0 Å². The summed E-state index contributed by atoms with van der Waals surface area (Å²) in [6.45, 7) is 6.17. The lowest BCUT2D eigenvalue weighted by Gasteiger charge is -2.21. The molecule has 0 radical (unpaired) electrons. The molecule has 0 saturated carbocycles. The normalized spacial score (nSPS) is 10.5. The second-order valence-electron chi connectivity index (χ2n) is 4.64. The molecule has 0 unspecified atom stereocenters. The molecule has 0 N–H and O–H groups in total. The molecule has 17 heavy (non-hydrogen) atoms. The molecule has 0 atom stereocenters. The highest BCUT2D eigenvalue weighted by atomic mass is 35.5. The van der Waals surface area contributed by atoms with Gasteiger partial charge in [-0.05, 0) is 12.8 Å². The molecule has 0 fully saturated rings. The number of alkyl halides is 1. The van der Waals surface area contributed by atoms with Gasteiger partial charge in [0.1, 0.15) is 5.88 Å². The third kappa shape index (κ3) is 9.46. The molecule has 0 bridgehead atoms. The van der Waals surface area contributed by atoms with Crippen LogP contribution in [-0.2, 0) is 4.79 Å². The van der Waals surface area contributed by atoms with Crippen LogP contribution in [0.2, 0.25) is 0 Å². The summed E-state index contributed by atoms with van der Waals surface area (Å²) in [6, 6.07) is 0. The van der Waals surface area contributed by atoms with Crippen molar-refractivity contribution in [2.75, 3.05) is 19.0 Å². The van der Waals surface area contributed by atoms with Crippen molar-refractivity contribution in [2.45, 2.75) is 65.2 Å². The average molecular weight is 262 g/mol. The van der Waals surface area contributed by atoms with Crippen molar-refractivity contribution in [1.82, 2.24) is 4.90 Å². The molecule has 102 valence electrons. The van der Waals surface area contributed by atoms with Crippen molar-refractivity contribution >= 4 is 17.5 Å². The maximum absolute atomic E-state index is 11.6. The van der Waals surface area contributed by atoms with Gasteiger partial charge in [0.15, 0.2) is 0 Å². The largest absolute Gasteiger partial charge is 0.342 e. The van der Waals surface area contributed by atoms with Gasteiger partial charge in [-0.15, -0.1) is 11.6 Å². The lowest BCUT2D eigenvalue weighted by molar-refractivity contribution is -0.128. The fourth-order valence-corrected chi connectivity index (χ4v) is 2.07. The van der Waals surface area contributed by atoms with E-state index in [-0.39, 0.29) is 11.8 Å². The molecule has 1 amide bonds. The zero-order valence-electron chi connectivity index (χ0n) is 11.5. The zero-order chi connectivity index (χ0) is 12.9. The molecule has 3 heteroatoms. The highest BCUT2D eigenvalue weighted by molar-refractivity contribution is 6.27. The summed E-state index contributed by atoms with van der Waals surface area (Å²) < 4.78 is 0. The van der Waals surface area contributed by atoms with E-state index < -0.39 is 0 Å². The van der Waals surface area contributed by atoms with Gasteiger partial charge >= 0.3 is 0 Å². The molecule has 0 aromatic carbocycles. The van der Waals surface area contributed by atoms with Crippen molar-refractivity contribution in [1.29, 1.82) is 0 Å². The van der Waals surface area contributed by atoms with Gasteiger partial charge < -0.3 is 4.90 Å². The number of hydrogen-bond donors (Lipinski definition) is 0. The van der Waals surface area contributed by atoms with Gasteiger partial charge in [0, 0.05) is 13.1 Å². The number of carbonyl (C=O) groups excluding carboxylic acids is 1. The van der Waals surface area contributed by atoms with Crippen LogP contribution in [0, 0.1) is 0 Å². The van der Waals surface area contributed by atoms with Crippen molar-refractivity contribution in [2.24, 2.45) is 0 Å². The van der Waals surface area contributed by atoms with Crippen molar-refractivity contribution in [3.8, 4) is 0 Å². The first-order chi connectivity index (χ1) is 8.26. The number of halogens is 1. The second kappa shape index (κ2) is 12.2. The molecule has 0 saturated heterocycles. The number of rotatable bonds is 11. The Kier molecular flexibility index (Phi) is 12.1. The lowest BCUT2D eigenvalue weighted by atomic mass is 10.1. The molecule has 0 aliphatic heterocycles. The maximum atomic E-state index is 11.6. The molecule has 0 aromatic rings. The molecule has 0 aliphatic carbocycles. The van der Waals surface area contributed by atoms with E-state index >= 15 is 0 Å². The van der Waals surface area contributed by atoms with Crippen molar-refractivity contribution < 1.29 is 4.79 Å². The fourth-order valence-electron chi connectivity index (χ4n) is 1.90. The van der Waals surface area contributed by atoms with E-state index in [2.05, 4.69) is 13.8 Å². The van der Waals surface area contributed by atoms with Gasteiger partial charge in [-0.1, -0.05) is 52.4 Å². The number of unbranched alkanes of at least 4 members (excludes halogenated alkanes) is 6. The highest BCUT2D eigenvalue weighted by Gasteiger charge is 2.10. The minimum Gasteiger partial charge on any atom is -0.342 e. The van der Waals surface area contributed by atoms with E-state index in [1.165, 1.54) is 38.5 Å². The number of hydrogen-bond acceptors (Lipinski definition) is 1. The minimum absolute atomic E-state index is 0.0969. The third-order valence-corrected chi connectivity index (χ3v) is 3.26. The summed E-state index contributed by atoms with van der Waals surface area (Å²) in [5.41, 5.74) is 0. The molecule has 2 nitrogen and oxygen atoms in total. The van der Waals surface area contributed by atoms with Gasteiger partial charge in [0.05, 0.1) is 0 Å². The second-order valence-corrected chi connectivity index (χ2v) is 4.90. The Morgan fingerprint density at radius 1 is 0.882 bits per heavy atom. The first-order valence-corrected chi connectivity index (χ1v) is 7.63. The summed E-state index contributed by atoms with van der Waals surface area (Å²) in [7, 11) is 0. The summed E-state index contributed by atoms with van der Waals surface area (Å²) in [6.07, 6.45) is 9.67. The summed E-state index contributed by atoms with van der Waals surface area (Å²) in [4.78, 5) is 13.6. The Hall–Kier alpha value is -0.240. The van der Waals surface area contributed by atoms with E-state index in [0.717, 1.165) is 25.9 Å². The Morgan fingerprint density at radius 3 is 1.71 bits per heavy atom. The van der Waals surface area contributed by atoms with Crippen LogP contribution >= 0.6 is 11.6 Å². The van der Waals surface area contributed by atoms with Crippen LogP contribution in [0.5, 0.6) is 0 Å². The Labute approximate surface area is 112 Å². The van der Waals surface area contributed by atoms with E-state index in [4.69, 9.17) is 11.6 Å². The molecule has 0 rings (SSSR count). The van der Waals surface area contributed by atoms with Crippen molar-refractivity contribution in [3.05, 3.63) is 0 Å². The van der Waals surface area contributed by atoms with Crippen LogP contribution in [0.3, 0.4) is 0 Å². The van der Waals surface area contributed by atoms with E-state index in [1.54, 1.807) is 0 Å². The van der Waals surface area contributed by atoms with Gasteiger partial charge in [0.2, 0.25) is 5.91 Å². The highest BCUT2D eigenvalue weighted by Crippen LogP contribution is 2.06. The van der Waals surface area contributed by atoms with Crippen LogP contribution in [-0.4, -0.2) is 29.8 Å². The molecule has 0 heterocycles. The number of carbonyl (C=O) groups is 1. The maximum Gasteiger partial charge on any atom is 0.237 e. The van der Waals surface area contributed by atoms with Crippen LogP contribution in [0.25, 0.3) is 0 Å². The lowest BCUT2D eigenvalue weighted by Crippen LogP contribution is -2.33. The van der Waals surface area contributed by atoms with Crippen molar-refractivity contribution in [3.63, 3.8) is 0 Å². The molecular formula is C14H28ClNO. The van der Waals surface area contributed by atoms with Gasteiger partial charge in [-0.2, -0.15) is 0 Å². The van der Waals surface area contributed by atoms with E-state index in [9.17, 15) is 4.79 Å². The predicted molar refractivity (Wildman–Crippen MR) is 75.6 cm³/mol. The van der Waals surface area contributed by atoms with Crippen LogP contribution in [0.4, 0.5) is 0 Å². The standard InChI is InChI=1S/C14H28ClNO/c1-3-5-7-9-11-16(14(17)13-15)12-10-8-6-4-2/h3-13H2,1-2H3. The number of amides is 1. The Balaban J connectivity index is 3.76. The monoisotopic (exact) mass is 261 g/mol. The predicted octanol–water partition coefficient (Wildman–Crippen LogP) is 4.21. The summed E-state index contributed by atoms with van der Waals surface area (Å²) in [5, 5.41) is 0. The first kappa shape index (κ1) is 16.8. The number of nitrogens with zero attached hydrogens (tertiary/aromatic N) is 1. The Bertz CT molecular complexity index is 173. The van der Waals surface area contributed by atoms with Gasteiger partial charge in [-0.25, -0.2) is 0 Å². The first-order valence-electron chi connectivity index (χ1n) is 7.10. The summed E-state index contributed by atoms with van der Waals surface area (Å²) >= 11 is 5.64. The summed E-state index contributed by atoms with van der Waals surface area (Å²) in [5.74, 6) is 0.223. The molecular weight excluding hydrogens is 234 g/mol. The molecule has 0 aromatic heterocycles. The SMILES string of the molecule is CCCCCCN(CCCCCC)C(=O)CCl. The molecule has 0 spiro atoms. The fraction of sp³-hybridized carbons (Fsp3) is 0.929. The van der Waals surface area contributed by atoms with Gasteiger partial charge in [0.25, 0.3) is 0 Å². The third-order valence-electron chi connectivity index (χ3n) is 3.03.